The van der Waals surface area contributed by atoms with Gasteiger partial charge in [0.05, 0.1) is 25.1 Å². The van der Waals surface area contributed by atoms with Crippen molar-refractivity contribution in [1.82, 2.24) is 10.2 Å². The highest BCUT2D eigenvalue weighted by Gasteiger charge is 2.16. The SMILES string of the molecule is COc1cc(NC(=O)c2ccnnc2)ccc1S(N)(=O)=O. The van der Waals surface area contributed by atoms with Gasteiger partial charge in [-0.1, -0.05) is 0 Å². The highest BCUT2D eigenvalue weighted by atomic mass is 32.2. The second-order valence-corrected chi connectivity index (χ2v) is 5.53. The molecule has 110 valence electrons. The number of nitrogens with two attached hydrogens (primary N) is 1. The van der Waals surface area contributed by atoms with Crippen molar-refractivity contribution in [3.8, 4) is 5.75 Å². The summed E-state index contributed by atoms with van der Waals surface area (Å²) in [7, 11) is -2.59. The van der Waals surface area contributed by atoms with Crippen molar-refractivity contribution in [3.63, 3.8) is 0 Å². The first kappa shape index (κ1) is 14.9. The molecule has 2 aromatic rings. The number of hydrogen-bond donors (Lipinski definition) is 2. The molecular formula is C12H12N4O4S. The Morgan fingerprint density at radius 2 is 2.05 bits per heavy atom. The van der Waals surface area contributed by atoms with Crippen LogP contribution < -0.4 is 15.2 Å². The van der Waals surface area contributed by atoms with E-state index in [2.05, 4.69) is 15.5 Å². The number of carbonyl (C=O) groups excluding carboxylic acids is 1. The standard InChI is InChI=1S/C12H12N4O4S/c1-20-10-6-9(2-3-11(10)21(13,18)19)16-12(17)8-4-5-14-15-7-8/h2-7H,1H3,(H,16,17)(H2,13,18,19). The van der Waals surface area contributed by atoms with Crippen LogP contribution in [-0.4, -0.2) is 31.6 Å². The summed E-state index contributed by atoms with van der Waals surface area (Å²) in [6.07, 6.45) is 2.70. The summed E-state index contributed by atoms with van der Waals surface area (Å²) in [6, 6.07) is 5.54. The molecule has 0 saturated heterocycles. The van der Waals surface area contributed by atoms with Gasteiger partial charge in [-0.05, 0) is 18.2 Å². The van der Waals surface area contributed by atoms with Crippen molar-refractivity contribution in [3.05, 3.63) is 42.2 Å². The van der Waals surface area contributed by atoms with E-state index in [9.17, 15) is 13.2 Å². The second kappa shape index (κ2) is 5.85. The second-order valence-electron chi connectivity index (χ2n) is 4.00. The van der Waals surface area contributed by atoms with E-state index >= 15 is 0 Å². The number of nitrogens with zero attached hydrogens (tertiary/aromatic N) is 2. The number of nitrogens with one attached hydrogen (secondary N) is 1. The number of sulfonamides is 1. The molecule has 0 spiro atoms. The molecular weight excluding hydrogens is 296 g/mol. The lowest BCUT2D eigenvalue weighted by Crippen LogP contribution is -2.15. The van der Waals surface area contributed by atoms with E-state index in [1.165, 1.54) is 43.8 Å². The summed E-state index contributed by atoms with van der Waals surface area (Å²) in [5.74, 6) is -0.363. The first-order valence-electron chi connectivity index (χ1n) is 5.70. The van der Waals surface area contributed by atoms with E-state index in [0.717, 1.165) is 0 Å². The quantitative estimate of drug-likeness (QED) is 0.841. The molecule has 0 saturated carbocycles. The Labute approximate surface area is 121 Å². The van der Waals surface area contributed by atoms with E-state index < -0.39 is 15.9 Å². The summed E-state index contributed by atoms with van der Waals surface area (Å²) < 4.78 is 27.7. The molecule has 0 aliphatic carbocycles. The fourth-order valence-corrected chi connectivity index (χ4v) is 2.29. The Morgan fingerprint density at radius 3 is 2.62 bits per heavy atom. The Kier molecular flexibility index (Phi) is 4.15. The minimum Gasteiger partial charge on any atom is -0.495 e. The molecule has 0 aliphatic rings. The Morgan fingerprint density at radius 1 is 1.29 bits per heavy atom. The number of methoxy groups -OCH3 is 1. The van der Waals surface area contributed by atoms with Crippen LogP contribution in [0.5, 0.6) is 5.75 Å². The van der Waals surface area contributed by atoms with E-state index in [-0.39, 0.29) is 10.6 Å². The molecule has 1 aromatic carbocycles. The average molecular weight is 308 g/mol. The van der Waals surface area contributed by atoms with Gasteiger partial charge in [0.25, 0.3) is 5.91 Å². The molecule has 21 heavy (non-hydrogen) atoms. The van der Waals surface area contributed by atoms with Crippen molar-refractivity contribution in [1.29, 1.82) is 0 Å². The van der Waals surface area contributed by atoms with Crippen molar-refractivity contribution in [2.45, 2.75) is 4.90 Å². The van der Waals surface area contributed by atoms with Crippen LogP contribution >= 0.6 is 0 Å². The van der Waals surface area contributed by atoms with Gasteiger partial charge < -0.3 is 10.1 Å². The number of ether oxygens (including phenoxy) is 1. The zero-order valence-corrected chi connectivity index (χ0v) is 11.8. The number of aromatic nitrogens is 2. The number of rotatable bonds is 4. The third kappa shape index (κ3) is 3.52. The minimum absolute atomic E-state index is 0.0446. The van der Waals surface area contributed by atoms with Crippen LogP contribution in [0.1, 0.15) is 10.4 Å². The number of hydrogen-bond acceptors (Lipinski definition) is 6. The van der Waals surface area contributed by atoms with Gasteiger partial charge in [-0.25, -0.2) is 13.6 Å². The van der Waals surface area contributed by atoms with Gasteiger partial charge in [-0.2, -0.15) is 10.2 Å². The van der Waals surface area contributed by atoms with Gasteiger partial charge in [0, 0.05) is 11.8 Å². The van der Waals surface area contributed by atoms with Crippen LogP contribution in [0.25, 0.3) is 0 Å². The summed E-state index contributed by atoms with van der Waals surface area (Å²) >= 11 is 0. The Balaban J connectivity index is 2.28. The van der Waals surface area contributed by atoms with Gasteiger partial charge in [-0.15, -0.1) is 0 Å². The first-order chi connectivity index (χ1) is 9.91. The predicted molar refractivity (Wildman–Crippen MR) is 74.4 cm³/mol. The fourth-order valence-electron chi connectivity index (χ4n) is 1.61. The van der Waals surface area contributed by atoms with Crippen LogP contribution in [0, 0.1) is 0 Å². The van der Waals surface area contributed by atoms with E-state index in [0.29, 0.717) is 11.3 Å². The average Bonchev–Trinajstić information content (AvgIpc) is 2.46. The Bertz CT molecular complexity index is 762. The molecule has 0 atom stereocenters. The minimum atomic E-state index is -3.90. The molecule has 3 N–H and O–H groups in total. The first-order valence-corrected chi connectivity index (χ1v) is 7.25. The Hall–Kier alpha value is -2.52. The molecule has 8 nitrogen and oxygen atoms in total. The molecule has 1 aromatic heterocycles. The van der Waals surface area contributed by atoms with Gasteiger partial charge in [0.15, 0.2) is 0 Å². The third-order valence-corrected chi connectivity index (χ3v) is 3.52. The molecule has 9 heteroatoms. The van der Waals surface area contributed by atoms with Gasteiger partial charge in [0.2, 0.25) is 10.0 Å². The number of amides is 1. The maximum atomic E-state index is 11.9. The molecule has 2 rings (SSSR count). The number of benzene rings is 1. The maximum Gasteiger partial charge on any atom is 0.257 e. The lowest BCUT2D eigenvalue weighted by atomic mass is 10.2. The summed E-state index contributed by atoms with van der Waals surface area (Å²) in [6.45, 7) is 0. The monoisotopic (exact) mass is 308 g/mol. The highest BCUT2D eigenvalue weighted by Crippen LogP contribution is 2.26. The summed E-state index contributed by atoms with van der Waals surface area (Å²) in [5, 5.41) is 14.8. The predicted octanol–water partition coefficient (Wildman–Crippen LogP) is 0.385. The van der Waals surface area contributed by atoms with Gasteiger partial charge >= 0.3 is 0 Å². The van der Waals surface area contributed by atoms with Crippen molar-refractivity contribution in [2.24, 2.45) is 5.14 Å². The zero-order chi connectivity index (χ0) is 15.5. The van der Waals surface area contributed by atoms with Gasteiger partial charge in [-0.3, -0.25) is 4.79 Å². The van der Waals surface area contributed by atoms with Gasteiger partial charge in [0.1, 0.15) is 10.6 Å². The lowest BCUT2D eigenvalue weighted by Gasteiger charge is -2.10. The molecule has 0 bridgehead atoms. The smallest absolute Gasteiger partial charge is 0.257 e. The highest BCUT2D eigenvalue weighted by molar-refractivity contribution is 7.89. The molecule has 1 amide bonds. The van der Waals surface area contributed by atoms with E-state index in [1.807, 2.05) is 0 Å². The lowest BCUT2D eigenvalue weighted by molar-refractivity contribution is 0.102. The number of primary sulfonamides is 1. The number of carbonyl (C=O) groups is 1. The normalized spacial score (nSPS) is 11.0. The van der Waals surface area contributed by atoms with Crippen molar-refractivity contribution < 1.29 is 17.9 Å². The molecule has 0 aliphatic heterocycles. The molecule has 1 heterocycles. The van der Waals surface area contributed by atoms with Crippen LogP contribution in [-0.2, 0) is 10.0 Å². The zero-order valence-electron chi connectivity index (χ0n) is 11.0. The largest absolute Gasteiger partial charge is 0.495 e. The molecule has 0 unspecified atom stereocenters. The summed E-state index contributed by atoms with van der Waals surface area (Å²) in [5.41, 5.74) is 0.681. The van der Waals surface area contributed by atoms with E-state index in [1.54, 1.807) is 0 Å². The van der Waals surface area contributed by atoms with Crippen LogP contribution in [0.3, 0.4) is 0 Å². The maximum absolute atomic E-state index is 11.9. The third-order valence-electron chi connectivity index (χ3n) is 2.57. The van der Waals surface area contributed by atoms with Crippen LogP contribution in [0.4, 0.5) is 5.69 Å². The fraction of sp³-hybridized carbons (Fsp3) is 0.0833. The van der Waals surface area contributed by atoms with Crippen LogP contribution in [0.15, 0.2) is 41.6 Å². The number of anilines is 1. The van der Waals surface area contributed by atoms with Crippen molar-refractivity contribution in [2.75, 3.05) is 12.4 Å². The van der Waals surface area contributed by atoms with Crippen molar-refractivity contribution >= 4 is 21.6 Å². The topological polar surface area (TPSA) is 124 Å². The summed E-state index contributed by atoms with van der Waals surface area (Å²) in [4.78, 5) is 11.8. The molecule has 0 radical (unpaired) electrons. The van der Waals surface area contributed by atoms with E-state index in [4.69, 9.17) is 9.88 Å². The van der Waals surface area contributed by atoms with Crippen LogP contribution in [0.2, 0.25) is 0 Å². The molecule has 0 fully saturated rings.